The van der Waals surface area contributed by atoms with Crippen LogP contribution in [0.2, 0.25) is 0 Å². The van der Waals surface area contributed by atoms with Gasteiger partial charge in [0.05, 0.1) is 18.2 Å². The van der Waals surface area contributed by atoms with Gasteiger partial charge < -0.3 is 15.8 Å². The highest BCUT2D eigenvalue weighted by atomic mass is 16.5. The number of carbonyl (C=O) groups is 1. The van der Waals surface area contributed by atoms with E-state index in [1.165, 1.54) is 0 Å². The highest BCUT2D eigenvalue weighted by Gasteiger charge is 2.23. The second-order valence-electron chi connectivity index (χ2n) is 5.23. The van der Waals surface area contributed by atoms with Gasteiger partial charge in [0, 0.05) is 6.04 Å². The number of nitrogens with two attached hydrogens (primary N) is 1. The molecule has 0 radical (unpaired) electrons. The van der Waals surface area contributed by atoms with Gasteiger partial charge in [-0.1, -0.05) is 25.1 Å². The molecule has 4 heteroatoms. The first-order chi connectivity index (χ1) is 9.60. The standard InChI is InChI=1S/C16H22N2O2/c1-3-8-20-15-9-11(2)4-7-14(15)18-16(19)12-5-6-13(17)10-12/h4-7,9,12-13H,3,8,10,17H2,1-2H3,(H,18,19). The smallest absolute Gasteiger partial charge is 0.231 e. The third-order valence-electron chi connectivity index (χ3n) is 3.31. The molecule has 3 N–H and O–H groups in total. The van der Waals surface area contributed by atoms with Crippen molar-refractivity contribution in [2.45, 2.75) is 32.7 Å². The average Bonchev–Trinajstić information content (AvgIpc) is 2.85. The molecule has 0 heterocycles. The number of rotatable bonds is 5. The average molecular weight is 274 g/mol. The largest absolute Gasteiger partial charge is 0.491 e. The van der Waals surface area contributed by atoms with Crippen molar-refractivity contribution in [3.8, 4) is 5.75 Å². The van der Waals surface area contributed by atoms with Crippen molar-refractivity contribution in [3.63, 3.8) is 0 Å². The Morgan fingerprint density at radius 2 is 2.25 bits per heavy atom. The number of anilines is 1. The molecule has 0 aromatic heterocycles. The molecule has 0 saturated carbocycles. The van der Waals surface area contributed by atoms with E-state index in [0.29, 0.717) is 13.0 Å². The summed E-state index contributed by atoms with van der Waals surface area (Å²) in [5.41, 5.74) is 7.61. The summed E-state index contributed by atoms with van der Waals surface area (Å²) in [6.45, 7) is 4.70. The summed E-state index contributed by atoms with van der Waals surface area (Å²) in [5, 5.41) is 2.94. The predicted molar refractivity (Wildman–Crippen MR) is 80.8 cm³/mol. The summed E-state index contributed by atoms with van der Waals surface area (Å²) in [7, 11) is 0. The van der Waals surface area contributed by atoms with Gasteiger partial charge in [0.2, 0.25) is 5.91 Å². The third kappa shape index (κ3) is 3.61. The Kier molecular flexibility index (Phi) is 4.79. The van der Waals surface area contributed by atoms with Crippen LogP contribution in [-0.4, -0.2) is 18.6 Å². The Labute approximate surface area is 120 Å². The highest BCUT2D eigenvalue weighted by molar-refractivity contribution is 5.95. The summed E-state index contributed by atoms with van der Waals surface area (Å²) in [4.78, 5) is 12.2. The molecule has 108 valence electrons. The molecule has 1 amide bonds. The van der Waals surface area contributed by atoms with Gasteiger partial charge in [-0.05, 0) is 37.5 Å². The van der Waals surface area contributed by atoms with E-state index in [4.69, 9.17) is 10.5 Å². The van der Waals surface area contributed by atoms with E-state index >= 15 is 0 Å². The molecule has 1 aromatic rings. The number of amides is 1. The molecule has 0 fully saturated rings. The summed E-state index contributed by atoms with van der Waals surface area (Å²) in [6, 6.07) is 5.78. The molecule has 20 heavy (non-hydrogen) atoms. The number of aryl methyl sites for hydroxylation is 1. The van der Waals surface area contributed by atoms with Gasteiger partial charge in [-0.2, -0.15) is 0 Å². The zero-order valence-electron chi connectivity index (χ0n) is 12.1. The van der Waals surface area contributed by atoms with Crippen molar-refractivity contribution in [1.29, 1.82) is 0 Å². The topological polar surface area (TPSA) is 64.3 Å². The lowest BCUT2D eigenvalue weighted by atomic mass is 10.1. The zero-order chi connectivity index (χ0) is 14.5. The molecule has 4 nitrogen and oxygen atoms in total. The molecule has 0 saturated heterocycles. The summed E-state index contributed by atoms with van der Waals surface area (Å²) < 4.78 is 5.69. The minimum Gasteiger partial charge on any atom is -0.491 e. The van der Waals surface area contributed by atoms with Crippen LogP contribution in [0.5, 0.6) is 5.75 Å². The first-order valence-electron chi connectivity index (χ1n) is 7.08. The minimum absolute atomic E-state index is 0.0143. The van der Waals surface area contributed by atoms with E-state index in [9.17, 15) is 4.79 Å². The maximum absolute atomic E-state index is 12.2. The lowest BCUT2D eigenvalue weighted by molar-refractivity contribution is -0.118. The number of nitrogens with one attached hydrogen (secondary N) is 1. The molecule has 1 aliphatic rings. The van der Waals surface area contributed by atoms with Gasteiger partial charge in [0.1, 0.15) is 5.75 Å². The second-order valence-corrected chi connectivity index (χ2v) is 5.23. The molecule has 1 aliphatic carbocycles. The molecule has 2 atom stereocenters. The van der Waals surface area contributed by atoms with E-state index in [1.54, 1.807) is 0 Å². The SMILES string of the molecule is CCCOc1cc(C)ccc1NC(=O)C1C=CC(N)C1. The van der Waals surface area contributed by atoms with Gasteiger partial charge in [-0.3, -0.25) is 4.79 Å². The quantitative estimate of drug-likeness (QED) is 0.811. The fraction of sp³-hybridized carbons (Fsp3) is 0.438. The van der Waals surface area contributed by atoms with Crippen LogP contribution < -0.4 is 15.8 Å². The Balaban J connectivity index is 2.08. The number of hydrogen-bond donors (Lipinski definition) is 2. The first kappa shape index (κ1) is 14.6. The fourth-order valence-corrected chi connectivity index (χ4v) is 2.21. The maximum atomic E-state index is 12.2. The van der Waals surface area contributed by atoms with E-state index in [1.807, 2.05) is 37.3 Å². The molecule has 2 unspecified atom stereocenters. The van der Waals surface area contributed by atoms with Crippen molar-refractivity contribution in [2.24, 2.45) is 11.7 Å². The lowest BCUT2D eigenvalue weighted by Gasteiger charge is -2.15. The van der Waals surface area contributed by atoms with Crippen LogP contribution in [0.4, 0.5) is 5.69 Å². The van der Waals surface area contributed by atoms with Crippen LogP contribution in [0.3, 0.4) is 0 Å². The van der Waals surface area contributed by atoms with Crippen molar-refractivity contribution in [3.05, 3.63) is 35.9 Å². The normalized spacial score (nSPS) is 20.9. The number of ether oxygens (including phenoxy) is 1. The van der Waals surface area contributed by atoms with E-state index < -0.39 is 0 Å². The third-order valence-corrected chi connectivity index (χ3v) is 3.31. The van der Waals surface area contributed by atoms with Gasteiger partial charge in [0.15, 0.2) is 0 Å². The number of carbonyl (C=O) groups excluding carboxylic acids is 1. The summed E-state index contributed by atoms with van der Waals surface area (Å²) in [6.07, 6.45) is 5.36. The van der Waals surface area contributed by atoms with E-state index in [2.05, 4.69) is 12.2 Å². The van der Waals surface area contributed by atoms with E-state index in [0.717, 1.165) is 23.4 Å². The molecule has 2 rings (SSSR count). The zero-order valence-corrected chi connectivity index (χ0v) is 12.1. The minimum atomic E-state index is -0.148. The van der Waals surface area contributed by atoms with Gasteiger partial charge in [0.25, 0.3) is 0 Å². The summed E-state index contributed by atoms with van der Waals surface area (Å²) >= 11 is 0. The lowest BCUT2D eigenvalue weighted by Crippen LogP contribution is -2.24. The molecule has 0 aliphatic heterocycles. The van der Waals surface area contributed by atoms with Crippen molar-refractivity contribution in [2.75, 3.05) is 11.9 Å². The van der Waals surface area contributed by atoms with Gasteiger partial charge in [-0.25, -0.2) is 0 Å². The monoisotopic (exact) mass is 274 g/mol. The molecular formula is C16H22N2O2. The van der Waals surface area contributed by atoms with Crippen LogP contribution in [-0.2, 0) is 4.79 Å². The van der Waals surface area contributed by atoms with Crippen LogP contribution in [0, 0.1) is 12.8 Å². The summed E-state index contributed by atoms with van der Waals surface area (Å²) in [5.74, 6) is 0.552. The van der Waals surface area contributed by atoms with Crippen molar-refractivity contribution in [1.82, 2.24) is 0 Å². The van der Waals surface area contributed by atoms with Gasteiger partial charge >= 0.3 is 0 Å². The van der Waals surface area contributed by atoms with E-state index in [-0.39, 0.29) is 17.9 Å². The number of benzene rings is 1. The Morgan fingerprint density at radius 3 is 2.90 bits per heavy atom. The maximum Gasteiger partial charge on any atom is 0.231 e. The van der Waals surface area contributed by atoms with Gasteiger partial charge in [-0.15, -0.1) is 0 Å². The highest BCUT2D eigenvalue weighted by Crippen LogP contribution is 2.27. The van der Waals surface area contributed by atoms with Crippen LogP contribution in [0.15, 0.2) is 30.4 Å². The molecule has 1 aromatic carbocycles. The van der Waals surface area contributed by atoms with Crippen molar-refractivity contribution < 1.29 is 9.53 Å². The van der Waals surface area contributed by atoms with Crippen LogP contribution >= 0.6 is 0 Å². The first-order valence-corrected chi connectivity index (χ1v) is 7.08. The Hall–Kier alpha value is -1.81. The fourth-order valence-electron chi connectivity index (χ4n) is 2.21. The van der Waals surface area contributed by atoms with Crippen LogP contribution in [0.1, 0.15) is 25.3 Å². The second kappa shape index (κ2) is 6.57. The Morgan fingerprint density at radius 1 is 1.45 bits per heavy atom. The van der Waals surface area contributed by atoms with Crippen LogP contribution in [0.25, 0.3) is 0 Å². The molecule has 0 spiro atoms. The molecule has 0 bridgehead atoms. The number of hydrogen-bond acceptors (Lipinski definition) is 3. The van der Waals surface area contributed by atoms with Crippen molar-refractivity contribution >= 4 is 11.6 Å². The molecular weight excluding hydrogens is 252 g/mol. The predicted octanol–water partition coefficient (Wildman–Crippen LogP) is 2.63. The Bertz CT molecular complexity index is 511.